The van der Waals surface area contributed by atoms with Crippen molar-refractivity contribution in [3.05, 3.63) is 71.5 Å². The first-order valence-electron chi connectivity index (χ1n) is 8.59. The van der Waals surface area contributed by atoms with E-state index in [9.17, 15) is 0 Å². The van der Waals surface area contributed by atoms with Gasteiger partial charge in [0.05, 0.1) is 16.4 Å². The number of ether oxygens (including phenoxy) is 1. The van der Waals surface area contributed by atoms with Gasteiger partial charge in [-0.3, -0.25) is 0 Å². The van der Waals surface area contributed by atoms with Crippen molar-refractivity contribution >= 4 is 44.2 Å². The van der Waals surface area contributed by atoms with Gasteiger partial charge in [-0.2, -0.15) is 5.10 Å². The molecule has 1 atom stereocenters. The van der Waals surface area contributed by atoms with E-state index in [1.165, 1.54) is 11.3 Å². The third-order valence-corrected chi connectivity index (χ3v) is 5.67. The number of methoxy groups -OCH3 is 1. The Kier molecular flexibility index (Phi) is 4.27. The van der Waals surface area contributed by atoms with Gasteiger partial charge in [0.2, 0.25) is 0 Å². The maximum atomic E-state index is 6.43. The Morgan fingerprint density at radius 1 is 0.964 bits per heavy atom. The Morgan fingerprint density at radius 3 is 2.54 bits per heavy atom. The molecule has 5 aromatic rings. The summed E-state index contributed by atoms with van der Waals surface area (Å²) >= 11 is 7.96. The molecule has 1 unspecified atom stereocenters. The van der Waals surface area contributed by atoms with Crippen LogP contribution in [-0.2, 0) is 4.74 Å². The molecule has 0 aliphatic rings. The summed E-state index contributed by atoms with van der Waals surface area (Å²) in [4.78, 5) is 13.7. The molecule has 5 rings (SSSR count). The van der Waals surface area contributed by atoms with Gasteiger partial charge >= 0.3 is 0 Å². The molecule has 6 nitrogen and oxygen atoms in total. The molecule has 0 spiro atoms. The normalized spacial score (nSPS) is 12.6. The third-order valence-electron chi connectivity index (χ3n) is 4.37. The van der Waals surface area contributed by atoms with Crippen molar-refractivity contribution < 1.29 is 4.74 Å². The Morgan fingerprint density at radius 2 is 1.75 bits per heavy atom. The molecule has 0 bridgehead atoms. The van der Waals surface area contributed by atoms with E-state index in [-0.39, 0.29) is 6.23 Å². The minimum absolute atomic E-state index is 0.293. The van der Waals surface area contributed by atoms with E-state index in [0.717, 1.165) is 20.8 Å². The molecule has 28 heavy (non-hydrogen) atoms. The summed E-state index contributed by atoms with van der Waals surface area (Å²) in [6.07, 6.45) is 1.44. The van der Waals surface area contributed by atoms with E-state index >= 15 is 0 Å². The number of para-hydroxylation sites is 1. The highest BCUT2D eigenvalue weighted by Gasteiger charge is 2.19. The molecule has 3 aromatic heterocycles. The molecule has 0 aliphatic heterocycles. The minimum Gasteiger partial charge on any atom is -0.355 e. The summed E-state index contributed by atoms with van der Waals surface area (Å²) in [6, 6.07) is 17.8. The van der Waals surface area contributed by atoms with Crippen LogP contribution in [0.5, 0.6) is 0 Å². The number of rotatable bonds is 4. The molecule has 0 saturated heterocycles. The first kappa shape index (κ1) is 17.2. The topological polar surface area (TPSA) is 65.7 Å². The van der Waals surface area contributed by atoms with Gasteiger partial charge in [0.1, 0.15) is 11.0 Å². The van der Waals surface area contributed by atoms with Crippen LogP contribution in [0.3, 0.4) is 0 Å². The summed E-state index contributed by atoms with van der Waals surface area (Å²) < 4.78 is 8.44. The van der Waals surface area contributed by atoms with Crippen LogP contribution in [0.1, 0.15) is 11.8 Å². The second-order valence-corrected chi connectivity index (χ2v) is 7.56. The lowest BCUT2D eigenvalue weighted by Crippen LogP contribution is -2.13. The van der Waals surface area contributed by atoms with Gasteiger partial charge in [-0.1, -0.05) is 54.1 Å². The number of aromatic nitrogens is 5. The van der Waals surface area contributed by atoms with Crippen LogP contribution in [0.4, 0.5) is 0 Å². The molecule has 0 fully saturated rings. The van der Waals surface area contributed by atoms with Crippen LogP contribution in [-0.4, -0.2) is 31.8 Å². The molecular weight excluding hydrogens is 394 g/mol. The van der Waals surface area contributed by atoms with E-state index in [0.29, 0.717) is 22.0 Å². The zero-order valence-corrected chi connectivity index (χ0v) is 16.4. The van der Waals surface area contributed by atoms with Crippen LogP contribution < -0.4 is 0 Å². The predicted molar refractivity (Wildman–Crippen MR) is 111 cm³/mol. The zero-order chi connectivity index (χ0) is 19.1. The third kappa shape index (κ3) is 2.93. The van der Waals surface area contributed by atoms with Gasteiger partial charge in [-0.25, -0.2) is 19.6 Å². The molecule has 138 valence electrons. The van der Waals surface area contributed by atoms with E-state index < -0.39 is 0 Å². The van der Waals surface area contributed by atoms with Crippen LogP contribution >= 0.6 is 22.9 Å². The van der Waals surface area contributed by atoms with Gasteiger partial charge < -0.3 is 4.74 Å². The lowest BCUT2D eigenvalue weighted by Gasteiger charge is -2.15. The van der Waals surface area contributed by atoms with Gasteiger partial charge in [-0.05, 0) is 12.1 Å². The van der Waals surface area contributed by atoms with Gasteiger partial charge in [0, 0.05) is 12.7 Å². The van der Waals surface area contributed by atoms with Crippen molar-refractivity contribution in [3.63, 3.8) is 0 Å². The molecule has 8 heteroatoms. The average Bonchev–Trinajstić information content (AvgIpc) is 3.34. The number of fused-ring (bicyclic) bond motifs is 2. The summed E-state index contributed by atoms with van der Waals surface area (Å²) in [7, 11) is 1.64. The fourth-order valence-corrected chi connectivity index (χ4v) is 4.21. The van der Waals surface area contributed by atoms with Crippen molar-refractivity contribution in [2.45, 2.75) is 6.23 Å². The van der Waals surface area contributed by atoms with Gasteiger partial charge in [0.15, 0.2) is 22.2 Å². The Bertz CT molecular complexity index is 1250. The summed E-state index contributed by atoms with van der Waals surface area (Å²) in [5.74, 6) is 0.493. The van der Waals surface area contributed by atoms with Gasteiger partial charge in [-0.15, -0.1) is 11.3 Å². The number of hydrogen-bond donors (Lipinski definition) is 0. The van der Waals surface area contributed by atoms with Crippen LogP contribution in [0.15, 0.2) is 60.8 Å². The molecule has 0 aliphatic carbocycles. The SMILES string of the molecule is COC(c1ccccc1)n1cc2nc(-c3nc4ccccc4s3)nc(Cl)c2n1. The molecule has 0 N–H and O–H groups in total. The Hall–Kier alpha value is -2.87. The van der Waals surface area contributed by atoms with Crippen LogP contribution in [0.25, 0.3) is 32.1 Å². The zero-order valence-electron chi connectivity index (χ0n) is 14.8. The summed E-state index contributed by atoms with van der Waals surface area (Å²) in [5.41, 5.74) is 3.08. The van der Waals surface area contributed by atoms with E-state index in [2.05, 4.69) is 20.1 Å². The first-order chi connectivity index (χ1) is 13.7. The minimum atomic E-state index is -0.377. The smallest absolute Gasteiger partial charge is 0.190 e. The number of nitrogens with zero attached hydrogens (tertiary/aromatic N) is 5. The van der Waals surface area contributed by atoms with Crippen molar-refractivity contribution in [2.24, 2.45) is 0 Å². The van der Waals surface area contributed by atoms with E-state index in [1.54, 1.807) is 11.8 Å². The monoisotopic (exact) mass is 407 g/mol. The fourth-order valence-electron chi connectivity index (χ4n) is 3.09. The first-order valence-corrected chi connectivity index (χ1v) is 9.78. The van der Waals surface area contributed by atoms with Crippen molar-refractivity contribution in [2.75, 3.05) is 7.11 Å². The molecule has 2 aromatic carbocycles. The van der Waals surface area contributed by atoms with E-state index in [1.807, 2.05) is 60.8 Å². The lowest BCUT2D eigenvalue weighted by atomic mass is 10.2. The number of hydrogen-bond acceptors (Lipinski definition) is 6. The quantitative estimate of drug-likeness (QED) is 0.394. The maximum absolute atomic E-state index is 6.43. The largest absolute Gasteiger partial charge is 0.355 e. The van der Waals surface area contributed by atoms with Crippen LogP contribution in [0.2, 0.25) is 5.15 Å². The standard InChI is InChI=1S/C20H14ClN5OS/c1-27-20(12-7-3-2-4-8-12)26-11-14-16(25-26)17(21)24-18(22-14)19-23-13-9-5-6-10-15(13)28-19/h2-11,20H,1H3. The van der Waals surface area contributed by atoms with E-state index in [4.69, 9.17) is 16.3 Å². The maximum Gasteiger partial charge on any atom is 0.190 e. The second-order valence-electron chi connectivity index (χ2n) is 6.17. The van der Waals surface area contributed by atoms with Crippen molar-refractivity contribution in [3.8, 4) is 10.8 Å². The lowest BCUT2D eigenvalue weighted by molar-refractivity contribution is 0.0687. The number of halogens is 1. The Balaban J connectivity index is 1.61. The van der Waals surface area contributed by atoms with Gasteiger partial charge in [0.25, 0.3) is 0 Å². The highest BCUT2D eigenvalue weighted by atomic mass is 35.5. The average molecular weight is 408 g/mol. The molecule has 0 saturated carbocycles. The summed E-state index contributed by atoms with van der Waals surface area (Å²) in [6.45, 7) is 0. The molecular formula is C20H14ClN5OS. The number of benzene rings is 2. The highest BCUT2D eigenvalue weighted by molar-refractivity contribution is 7.21. The highest BCUT2D eigenvalue weighted by Crippen LogP contribution is 2.31. The molecule has 0 amide bonds. The molecule has 3 heterocycles. The second kappa shape index (κ2) is 6.94. The summed E-state index contributed by atoms with van der Waals surface area (Å²) in [5, 5.41) is 5.57. The van der Waals surface area contributed by atoms with Crippen LogP contribution in [0, 0.1) is 0 Å². The Labute approximate surface area is 169 Å². The number of thiazole rings is 1. The predicted octanol–water partition coefficient (Wildman–Crippen LogP) is 4.95. The van der Waals surface area contributed by atoms with Crippen molar-refractivity contribution in [1.29, 1.82) is 0 Å². The fraction of sp³-hybridized carbons (Fsp3) is 0.100. The molecule has 0 radical (unpaired) electrons. The van der Waals surface area contributed by atoms with Crippen molar-refractivity contribution in [1.82, 2.24) is 24.7 Å².